The Hall–Kier alpha value is -1.62. The molecule has 5 heteroatoms. The molecular formula is C14H19NO3S. The molecule has 4 nitrogen and oxygen atoms in total. The molecule has 0 radical (unpaired) electrons. The lowest BCUT2D eigenvalue weighted by molar-refractivity contribution is -0.115. The summed E-state index contributed by atoms with van der Waals surface area (Å²) < 4.78 is 23.6. The second kappa shape index (κ2) is 6.52. The van der Waals surface area contributed by atoms with Gasteiger partial charge >= 0.3 is 0 Å². The lowest BCUT2D eigenvalue weighted by Gasteiger charge is -2.14. The molecule has 104 valence electrons. The standard InChI is InChI=1S/C14H19NO3S/c1-4-10-19(17,18)11(3)14(16)15-13-9-7-6-8-12(13)5-2/h4,6-9,11H,1,5,10H2,2-3H3,(H,15,16). The van der Waals surface area contributed by atoms with Crippen molar-refractivity contribution in [1.29, 1.82) is 0 Å². The number of carbonyl (C=O) groups is 1. The van der Waals surface area contributed by atoms with Crippen molar-refractivity contribution >= 4 is 21.4 Å². The highest BCUT2D eigenvalue weighted by Crippen LogP contribution is 2.16. The number of carbonyl (C=O) groups excluding carboxylic acids is 1. The Morgan fingerprint density at radius 1 is 1.42 bits per heavy atom. The molecule has 0 aliphatic rings. The number of hydrogen-bond acceptors (Lipinski definition) is 3. The molecule has 0 bridgehead atoms. The highest BCUT2D eigenvalue weighted by Gasteiger charge is 2.26. The molecule has 0 heterocycles. The van der Waals surface area contributed by atoms with Gasteiger partial charge in [-0.25, -0.2) is 8.42 Å². The predicted molar refractivity (Wildman–Crippen MR) is 77.9 cm³/mol. The van der Waals surface area contributed by atoms with Gasteiger partial charge < -0.3 is 5.32 Å². The van der Waals surface area contributed by atoms with Crippen LogP contribution in [0.3, 0.4) is 0 Å². The average Bonchev–Trinajstić information content (AvgIpc) is 2.38. The number of benzene rings is 1. The number of para-hydroxylation sites is 1. The van der Waals surface area contributed by atoms with E-state index in [-0.39, 0.29) is 5.75 Å². The number of hydrogen-bond donors (Lipinski definition) is 1. The van der Waals surface area contributed by atoms with Crippen molar-refractivity contribution in [3.05, 3.63) is 42.5 Å². The second-order valence-corrected chi connectivity index (χ2v) is 6.63. The molecule has 1 rings (SSSR count). The van der Waals surface area contributed by atoms with Gasteiger partial charge in [0, 0.05) is 5.69 Å². The summed E-state index contributed by atoms with van der Waals surface area (Å²) in [5, 5.41) is 1.59. The Kier molecular flexibility index (Phi) is 5.30. The zero-order valence-corrected chi connectivity index (χ0v) is 12.0. The molecule has 0 aliphatic carbocycles. The molecule has 0 saturated heterocycles. The van der Waals surface area contributed by atoms with Gasteiger partial charge in [-0.2, -0.15) is 0 Å². The van der Waals surface area contributed by atoms with Gasteiger partial charge in [-0.1, -0.05) is 31.2 Å². The van der Waals surface area contributed by atoms with E-state index in [2.05, 4.69) is 11.9 Å². The van der Waals surface area contributed by atoms with Gasteiger partial charge in [0.15, 0.2) is 9.84 Å². The van der Waals surface area contributed by atoms with E-state index in [1.807, 2.05) is 19.1 Å². The molecule has 1 atom stereocenters. The van der Waals surface area contributed by atoms with E-state index in [4.69, 9.17) is 0 Å². The van der Waals surface area contributed by atoms with Crippen LogP contribution in [-0.4, -0.2) is 25.3 Å². The Balaban J connectivity index is 2.88. The molecule has 1 amide bonds. The fourth-order valence-corrected chi connectivity index (χ4v) is 2.66. The summed E-state index contributed by atoms with van der Waals surface area (Å²) in [6.07, 6.45) is 2.06. The number of amides is 1. The maximum atomic E-state index is 12.0. The van der Waals surface area contributed by atoms with Crippen molar-refractivity contribution < 1.29 is 13.2 Å². The van der Waals surface area contributed by atoms with Crippen LogP contribution in [0.1, 0.15) is 19.4 Å². The molecule has 0 fully saturated rings. The molecule has 1 aromatic carbocycles. The topological polar surface area (TPSA) is 63.2 Å². The molecule has 1 N–H and O–H groups in total. The Bertz CT molecular complexity index is 564. The van der Waals surface area contributed by atoms with E-state index in [0.717, 1.165) is 12.0 Å². The van der Waals surface area contributed by atoms with Crippen LogP contribution in [0.15, 0.2) is 36.9 Å². The summed E-state index contributed by atoms with van der Waals surface area (Å²) in [5.41, 5.74) is 1.64. The molecule has 19 heavy (non-hydrogen) atoms. The van der Waals surface area contributed by atoms with E-state index in [1.165, 1.54) is 13.0 Å². The first-order valence-electron chi connectivity index (χ1n) is 6.13. The lowest BCUT2D eigenvalue weighted by Crippen LogP contribution is -2.34. The fourth-order valence-electron chi connectivity index (χ4n) is 1.66. The van der Waals surface area contributed by atoms with Crippen molar-refractivity contribution in [2.75, 3.05) is 11.1 Å². The highest BCUT2D eigenvalue weighted by molar-refractivity contribution is 7.92. The number of rotatable bonds is 6. The van der Waals surface area contributed by atoms with Crippen molar-refractivity contribution in [3.8, 4) is 0 Å². The van der Waals surface area contributed by atoms with Gasteiger partial charge in [0.1, 0.15) is 5.25 Å². The molecule has 0 aliphatic heterocycles. The molecule has 0 aromatic heterocycles. The quantitative estimate of drug-likeness (QED) is 0.813. The maximum Gasteiger partial charge on any atom is 0.242 e. The number of nitrogens with one attached hydrogen (secondary N) is 1. The minimum absolute atomic E-state index is 0.197. The summed E-state index contributed by atoms with van der Waals surface area (Å²) in [4.78, 5) is 12.0. The molecular weight excluding hydrogens is 262 g/mol. The van der Waals surface area contributed by atoms with Gasteiger partial charge in [0.25, 0.3) is 0 Å². The number of aryl methyl sites for hydroxylation is 1. The van der Waals surface area contributed by atoms with Crippen molar-refractivity contribution in [2.45, 2.75) is 25.5 Å². The van der Waals surface area contributed by atoms with Crippen LogP contribution in [0.5, 0.6) is 0 Å². The molecule has 1 unspecified atom stereocenters. The third-order valence-electron chi connectivity index (χ3n) is 2.91. The minimum atomic E-state index is -3.48. The maximum absolute atomic E-state index is 12.0. The summed E-state index contributed by atoms with van der Waals surface area (Å²) in [7, 11) is -3.48. The van der Waals surface area contributed by atoms with Crippen LogP contribution >= 0.6 is 0 Å². The molecule has 0 saturated carbocycles. The van der Waals surface area contributed by atoms with Crippen LogP contribution in [-0.2, 0) is 21.1 Å². The summed E-state index contributed by atoms with van der Waals surface area (Å²) in [6, 6.07) is 7.35. The monoisotopic (exact) mass is 281 g/mol. The summed E-state index contributed by atoms with van der Waals surface area (Å²) in [5.74, 6) is -0.709. The van der Waals surface area contributed by atoms with Crippen molar-refractivity contribution in [1.82, 2.24) is 0 Å². The van der Waals surface area contributed by atoms with Crippen molar-refractivity contribution in [2.24, 2.45) is 0 Å². The Morgan fingerprint density at radius 3 is 2.63 bits per heavy atom. The van der Waals surface area contributed by atoms with Gasteiger partial charge in [-0.3, -0.25) is 4.79 Å². The SMILES string of the molecule is C=CCS(=O)(=O)C(C)C(=O)Nc1ccccc1CC. The summed E-state index contributed by atoms with van der Waals surface area (Å²) in [6.45, 7) is 6.75. The van der Waals surface area contributed by atoms with Crippen LogP contribution in [0.4, 0.5) is 5.69 Å². The van der Waals surface area contributed by atoms with Gasteiger partial charge in [-0.05, 0) is 25.0 Å². The van der Waals surface area contributed by atoms with Crippen molar-refractivity contribution in [3.63, 3.8) is 0 Å². The minimum Gasteiger partial charge on any atom is -0.325 e. The first kappa shape index (κ1) is 15.4. The third kappa shape index (κ3) is 3.92. The molecule has 0 spiro atoms. The zero-order chi connectivity index (χ0) is 14.5. The first-order chi connectivity index (χ1) is 8.92. The Labute approximate surface area is 114 Å². The Morgan fingerprint density at radius 2 is 2.05 bits per heavy atom. The van der Waals surface area contributed by atoms with Gasteiger partial charge in [0.2, 0.25) is 5.91 Å². The van der Waals surface area contributed by atoms with E-state index in [9.17, 15) is 13.2 Å². The van der Waals surface area contributed by atoms with E-state index < -0.39 is 21.0 Å². The zero-order valence-electron chi connectivity index (χ0n) is 11.2. The normalized spacial score (nSPS) is 12.7. The smallest absolute Gasteiger partial charge is 0.242 e. The second-order valence-electron chi connectivity index (χ2n) is 4.26. The third-order valence-corrected chi connectivity index (χ3v) is 4.91. The van der Waals surface area contributed by atoms with Gasteiger partial charge in [0.05, 0.1) is 5.75 Å². The van der Waals surface area contributed by atoms with E-state index >= 15 is 0 Å². The average molecular weight is 281 g/mol. The van der Waals surface area contributed by atoms with Gasteiger partial charge in [-0.15, -0.1) is 6.58 Å². The van der Waals surface area contributed by atoms with Crippen LogP contribution in [0, 0.1) is 0 Å². The highest BCUT2D eigenvalue weighted by atomic mass is 32.2. The first-order valence-corrected chi connectivity index (χ1v) is 7.85. The number of anilines is 1. The fraction of sp³-hybridized carbons (Fsp3) is 0.357. The molecule has 1 aromatic rings. The largest absolute Gasteiger partial charge is 0.325 e. The van der Waals surface area contributed by atoms with E-state index in [0.29, 0.717) is 5.69 Å². The van der Waals surface area contributed by atoms with Crippen LogP contribution < -0.4 is 5.32 Å². The lowest BCUT2D eigenvalue weighted by atomic mass is 10.1. The van der Waals surface area contributed by atoms with Crippen LogP contribution in [0.2, 0.25) is 0 Å². The summed E-state index contributed by atoms with van der Waals surface area (Å²) >= 11 is 0. The number of sulfone groups is 1. The van der Waals surface area contributed by atoms with Crippen LogP contribution in [0.25, 0.3) is 0 Å². The van der Waals surface area contributed by atoms with E-state index in [1.54, 1.807) is 12.1 Å². The predicted octanol–water partition coefficient (Wildman–Crippen LogP) is 2.18.